The van der Waals surface area contributed by atoms with Gasteiger partial charge in [0.2, 0.25) is 0 Å². The molecule has 0 aliphatic heterocycles. The average molecular weight is 174 g/mol. The van der Waals surface area contributed by atoms with Crippen molar-refractivity contribution in [3.63, 3.8) is 0 Å². The molecule has 1 atom stereocenters. The molecule has 0 aromatic heterocycles. The molecule has 0 saturated carbocycles. The average Bonchev–Trinajstić information content (AvgIpc) is 2.09. The first-order chi connectivity index (χ1) is 5.81. The molecule has 0 saturated heterocycles. The molecular formula is C9H22N2O. The van der Waals surface area contributed by atoms with Gasteiger partial charge in [0, 0.05) is 12.6 Å². The van der Waals surface area contributed by atoms with Gasteiger partial charge in [0.15, 0.2) is 0 Å². The Balaban J connectivity index is 3.02. The summed E-state index contributed by atoms with van der Waals surface area (Å²) in [6.07, 6.45) is 6.30. The van der Waals surface area contributed by atoms with Crippen molar-refractivity contribution in [2.45, 2.75) is 44.6 Å². The summed E-state index contributed by atoms with van der Waals surface area (Å²) in [6, 6.07) is 0.273. The van der Waals surface area contributed by atoms with Crippen LogP contribution in [0.5, 0.6) is 0 Å². The standard InChI is InChI=1S/C9H22N2O/c10-7-3-1-2-5-9(11)6-4-8-12/h9,12H,1-8,10-11H2. The van der Waals surface area contributed by atoms with Gasteiger partial charge in [0.05, 0.1) is 0 Å². The van der Waals surface area contributed by atoms with E-state index in [9.17, 15) is 0 Å². The summed E-state index contributed by atoms with van der Waals surface area (Å²) in [7, 11) is 0. The number of hydrogen-bond donors (Lipinski definition) is 3. The van der Waals surface area contributed by atoms with Gasteiger partial charge in [0.1, 0.15) is 0 Å². The van der Waals surface area contributed by atoms with E-state index in [4.69, 9.17) is 16.6 Å². The molecule has 0 radical (unpaired) electrons. The number of aliphatic hydroxyl groups excluding tert-OH is 1. The van der Waals surface area contributed by atoms with Gasteiger partial charge in [-0.25, -0.2) is 0 Å². The zero-order chi connectivity index (χ0) is 9.23. The van der Waals surface area contributed by atoms with Crippen LogP contribution < -0.4 is 11.5 Å². The van der Waals surface area contributed by atoms with Gasteiger partial charge >= 0.3 is 0 Å². The lowest BCUT2D eigenvalue weighted by atomic mass is 10.0. The molecule has 1 unspecified atom stereocenters. The smallest absolute Gasteiger partial charge is 0.0431 e. The lowest BCUT2D eigenvalue weighted by molar-refractivity contribution is 0.278. The molecule has 0 aromatic rings. The minimum absolute atomic E-state index is 0.260. The highest BCUT2D eigenvalue weighted by molar-refractivity contribution is 4.60. The summed E-state index contributed by atoms with van der Waals surface area (Å²) < 4.78 is 0. The van der Waals surface area contributed by atoms with Crippen LogP contribution in [0, 0.1) is 0 Å². The fourth-order valence-corrected chi connectivity index (χ4v) is 1.23. The molecule has 3 nitrogen and oxygen atoms in total. The Morgan fingerprint density at radius 2 is 1.67 bits per heavy atom. The molecule has 74 valence electrons. The van der Waals surface area contributed by atoms with Crippen molar-refractivity contribution in [3.8, 4) is 0 Å². The van der Waals surface area contributed by atoms with Gasteiger partial charge in [-0.05, 0) is 32.2 Å². The maximum absolute atomic E-state index is 8.55. The predicted molar refractivity (Wildman–Crippen MR) is 51.8 cm³/mol. The first-order valence-corrected chi connectivity index (χ1v) is 4.87. The van der Waals surface area contributed by atoms with Crippen LogP contribution in [-0.4, -0.2) is 24.3 Å². The van der Waals surface area contributed by atoms with Crippen LogP contribution >= 0.6 is 0 Å². The SMILES string of the molecule is NCCCCCC(N)CCCO. The van der Waals surface area contributed by atoms with Crippen molar-refractivity contribution < 1.29 is 5.11 Å². The van der Waals surface area contributed by atoms with E-state index in [1.807, 2.05) is 0 Å². The highest BCUT2D eigenvalue weighted by Gasteiger charge is 2.00. The molecule has 0 amide bonds. The number of rotatable bonds is 8. The predicted octanol–water partition coefficient (Wildman–Crippen LogP) is 0.605. The molecule has 3 heteroatoms. The minimum atomic E-state index is 0.260. The Kier molecular flexibility index (Phi) is 8.88. The van der Waals surface area contributed by atoms with Crippen LogP contribution in [-0.2, 0) is 0 Å². The van der Waals surface area contributed by atoms with E-state index in [1.165, 1.54) is 12.8 Å². The van der Waals surface area contributed by atoms with Crippen LogP contribution in [0.1, 0.15) is 38.5 Å². The number of hydrogen-bond acceptors (Lipinski definition) is 3. The second-order valence-electron chi connectivity index (χ2n) is 3.26. The van der Waals surface area contributed by atoms with E-state index in [0.717, 1.165) is 32.2 Å². The fourth-order valence-electron chi connectivity index (χ4n) is 1.23. The van der Waals surface area contributed by atoms with E-state index in [0.29, 0.717) is 0 Å². The molecule has 0 aromatic carbocycles. The molecule has 0 aliphatic carbocycles. The van der Waals surface area contributed by atoms with E-state index in [2.05, 4.69) is 0 Å². The van der Waals surface area contributed by atoms with Crippen molar-refractivity contribution in [1.29, 1.82) is 0 Å². The van der Waals surface area contributed by atoms with Crippen molar-refractivity contribution in [2.75, 3.05) is 13.2 Å². The largest absolute Gasteiger partial charge is 0.396 e. The van der Waals surface area contributed by atoms with Gasteiger partial charge in [-0.15, -0.1) is 0 Å². The second kappa shape index (κ2) is 8.97. The van der Waals surface area contributed by atoms with Gasteiger partial charge in [-0.3, -0.25) is 0 Å². The van der Waals surface area contributed by atoms with Gasteiger partial charge in [-0.2, -0.15) is 0 Å². The van der Waals surface area contributed by atoms with Crippen LogP contribution in [0.15, 0.2) is 0 Å². The summed E-state index contributed by atoms with van der Waals surface area (Å²) in [6.45, 7) is 1.04. The number of unbranched alkanes of at least 4 members (excludes halogenated alkanes) is 2. The Hall–Kier alpha value is -0.120. The molecule has 0 fully saturated rings. The highest BCUT2D eigenvalue weighted by Crippen LogP contribution is 2.05. The monoisotopic (exact) mass is 174 g/mol. The van der Waals surface area contributed by atoms with Crippen molar-refractivity contribution in [3.05, 3.63) is 0 Å². The maximum atomic E-state index is 8.55. The Morgan fingerprint density at radius 1 is 1.00 bits per heavy atom. The summed E-state index contributed by atoms with van der Waals surface area (Å²) in [5.41, 5.74) is 11.2. The highest BCUT2D eigenvalue weighted by atomic mass is 16.2. The van der Waals surface area contributed by atoms with Crippen LogP contribution in [0.4, 0.5) is 0 Å². The van der Waals surface area contributed by atoms with Crippen molar-refractivity contribution in [1.82, 2.24) is 0 Å². The summed E-state index contributed by atoms with van der Waals surface area (Å²) >= 11 is 0. The second-order valence-corrected chi connectivity index (χ2v) is 3.26. The summed E-state index contributed by atoms with van der Waals surface area (Å²) in [5.74, 6) is 0. The minimum Gasteiger partial charge on any atom is -0.396 e. The molecule has 0 spiro atoms. The summed E-state index contributed by atoms with van der Waals surface area (Å²) in [4.78, 5) is 0. The van der Waals surface area contributed by atoms with E-state index < -0.39 is 0 Å². The summed E-state index contributed by atoms with van der Waals surface area (Å²) in [5, 5.41) is 8.55. The number of aliphatic hydroxyl groups is 1. The van der Waals surface area contributed by atoms with Gasteiger partial charge in [-0.1, -0.05) is 12.8 Å². The van der Waals surface area contributed by atoms with Gasteiger partial charge < -0.3 is 16.6 Å². The van der Waals surface area contributed by atoms with Crippen molar-refractivity contribution >= 4 is 0 Å². The molecule has 12 heavy (non-hydrogen) atoms. The molecule has 0 heterocycles. The normalized spacial score (nSPS) is 13.2. The first kappa shape index (κ1) is 11.9. The topological polar surface area (TPSA) is 72.3 Å². The molecule has 0 aliphatic rings. The van der Waals surface area contributed by atoms with Crippen molar-refractivity contribution in [2.24, 2.45) is 11.5 Å². The third kappa shape index (κ3) is 7.98. The zero-order valence-corrected chi connectivity index (χ0v) is 7.84. The third-order valence-corrected chi connectivity index (χ3v) is 2.01. The lowest BCUT2D eigenvalue weighted by Gasteiger charge is -2.09. The fraction of sp³-hybridized carbons (Fsp3) is 1.00. The van der Waals surface area contributed by atoms with Gasteiger partial charge in [0.25, 0.3) is 0 Å². The van der Waals surface area contributed by atoms with E-state index >= 15 is 0 Å². The molecule has 5 N–H and O–H groups in total. The lowest BCUT2D eigenvalue weighted by Crippen LogP contribution is -2.20. The first-order valence-electron chi connectivity index (χ1n) is 4.87. The molecule has 0 bridgehead atoms. The van der Waals surface area contributed by atoms with Crippen LogP contribution in [0.25, 0.3) is 0 Å². The van der Waals surface area contributed by atoms with Crippen LogP contribution in [0.2, 0.25) is 0 Å². The number of nitrogens with two attached hydrogens (primary N) is 2. The maximum Gasteiger partial charge on any atom is 0.0431 e. The quantitative estimate of drug-likeness (QED) is 0.472. The molecular weight excluding hydrogens is 152 g/mol. The zero-order valence-electron chi connectivity index (χ0n) is 7.84. The Morgan fingerprint density at radius 3 is 2.25 bits per heavy atom. The Bertz CT molecular complexity index is 88.6. The van der Waals surface area contributed by atoms with E-state index in [-0.39, 0.29) is 12.6 Å². The Labute approximate surface area is 75.1 Å². The van der Waals surface area contributed by atoms with E-state index in [1.54, 1.807) is 0 Å². The third-order valence-electron chi connectivity index (χ3n) is 2.01. The molecule has 0 rings (SSSR count). The van der Waals surface area contributed by atoms with Crippen LogP contribution in [0.3, 0.4) is 0 Å².